The van der Waals surface area contributed by atoms with Gasteiger partial charge in [-0.1, -0.05) is 6.07 Å². The van der Waals surface area contributed by atoms with Crippen LogP contribution in [0.4, 0.5) is 11.5 Å². The number of H-pyrrole nitrogens is 1. The Balaban J connectivity index is 1.93. The number of aromatic amines is 1. The third-order valence-corrected chi connectivity index (χ3v) is 4.16. The third kappa shape index (κ3) is 2.14. The fraction of sp³-hybridized carbons (Fsp3) is 0.231. The molecule has 0 saturated heterocycles. The fourth-order valence-corrected chi connectivity index (χ4v) is 2.69. The van der Waals surface area contributed by atoms with E-state index < -0.39 is 0 Å². The summed E-state index contributed by atoms with van der Waals surface area (Å²) in [6.45, 7) is 0. The van der Waals surface area contributed by atoms with Gasteiger partial charge in [0.05, 0.1) is 6.33 Å². The van der Waals surface area contributed by atoms with E-state index in [0.717, 1.165) is 12.1 Å². The van der Waals surface area contributed by atoms with Crippen LogP contribution in [0.1, 0.15) is 17.5 Å². The number of halogens is 1. The van der Waals surface area contributed by atoms with Gasteiger partial charge in [-0.25, -0.2) is 4.98 Å². The van der Waals surface area contributed by atoms with Gasteiger partial charge in [-0.2, -0.15) is 0 Å². The summed E-state index contributed by atoms with van der Waals surface area (Å²) in [6.07, 6.45) is 4.97. The van der Waals surface area contributed by atoms with Gasteiger partial charge in [0.2, 0.25) is 0 Å². The van der Waals surface area contributed by atoms with Gasteiger partial charge in [-0.15, -0.1) is 0 Å². The second-order valence-corrected chi connectivity index (χ2v) is 5.44. The molecule has 0 bridgehead atoms. The summed E-state index contributed by atoms with van der Waals surface area (Å²) in [5.74, 6) is 0.609. The Morgan fingerprint density at radius 2 is 2.11 bits per heavy atom. The van der Waals surface area contributed by atoms with Crippen LogP contribution in [-0.2, 0) is 12.8 Å². The van der Waals surface area contributed by atoms with Crippen LogP contribution in [0.3, 0.4) is 0 Å². The van der Waals surface area contributed by atoms with Crippen molar-refractivity contribution in [3.63, 3.8) is 0 Å². The van der Waals surface area contributed by atoms with E-state index in [1.807, 2.05) is 28.7 Å². The summed E-state index contributed by atoms with van der Waals surface area (Å²) in [7, 11) is 0. The fourth-order valence-electron chi connectivity index (χ4n) is 2.26. The predicted molar refractivity (Wildman–Crippen MR) is 79.3 cm³/mol. The topological polar surface area (TPSA) is 57.8 Å². The number of hydrogen-bond acceptors (Lipinski definition) is 3. The molecule has 92 valence electrons. The van der Waals surface area contributed by atoms with Crippen LogP contribution < -0.4 is 10.9 Å². The second kappa shape index (κ2) is 4.72. The SMILES string of the molecule is O=c1[nH]cnc(Nc2ccc3c(c2)CCC3)c1I. The first kappa shape index (κ1) is 11.7. The number of aryl methyl sites for hydroxylation is 2. The van der Waals surface area contributed by atoms with E-state index in [0.29, 0.717) is 9.39 Å². The van der Waals surface area contributed by atoms with Crippen molar-refractivity contribution in [1.82, 2.24) is 9.97 Å². The molecule has 2 N–H and O–H groups in total. The molecule has 1 aromatic carbocycles. The molecule has 0 atom stereocenters. The maximum absolute atomic E-state index is 11.5. The average Bonchev–Trinajstić information content (AvgIpc) is 2.82. The number of rotatable bonds is 2. The lowest BCUT2D eigenvalue weighted by Gasteiger charge is -2.08. The molecule has 0 saturated carbocycles. The van der Waals surface area contributed by atoms with Crippen molar-refractivity contribution in [2.24, 2.45) is 0 Å². The summed E-state index contributed by atoms with van der Waals surface area (Å²) in [6, 6.07) is 6.36. The van der Waals surface area contributed by atoms with Gasteiger partial charge < -0.3 is 10.3 Å². The number of anilines is 2. The van der Waals surface area contributed by atoms with Crippen molar-refractivity contribution in [3.8, 4) is 0 Å². The monoisotopic (exact) mass is 353 g/mol. The molecule has 0 amide bonds. The van der Waals surface area contributed by atoms with Crippen LogP contribution in [0.5, 0.6) is 0 Å². The largest absolute Gasteiger partial charge is 0.339 e. The molecule has 0 unspecified atom stereocenters. The Morgan fingerprint density at radius 1 is 1.28 bits per heavy atom. The molecule has 0 radical (unpaired) electrons. The minimum absolute atomic E-state index is 0.116. The van der Waals surface area contributed by atoms with Gasteiger partial charge in [0.15, 0.2) is 5.82 Å². The highest BCUT2D eigenvalue weighted by atomic mass is 127. The van der Waals surface area contributed by atoms with Gasteiger partial charge >= 0.3 is 0 Å². The molecule has 0 fully saturated rings. The maximum Gasteiger partial charge on any atom is 0.266 e. The molecular formula is C13H12IN3O. The van der Waals surface area contributed by atoms with Gasteiger partial charge in [0, 0.05) is 5.69 Å². The van der Waals surface area contributed by atoms with E-state index in [1.54, 1.807) is 0 Å². The highest BCUT2D eigenvalue weighted by molar-refractivity contribution is 14.1. The number of fused-ring (bicyclic) bond motifs is 1. The first-order valence-electron chi connectivity index (χ1n) is 5.86. The lowest BCUT2D eigenvalue weighted by molar-refractivity contribution is 0.912. The molecule has 0 aliphatic heterocycles. The maximum atomic E-state index is 11.5. The summed E-state index contributed by atoms with van der Waals surface area (Å²) >= 11 is 2.00. The Kier molecular flexibility index (Phi) is 3.07. The Morgan fingerprint density at radius 3 is 3.00 bits per heavy atom. The first-order valence-corrected chi connectivity index (χ1v) is 6.94. The van der Waals surface area contributed by atoms with Gasteiger partial charge in [0.25, 0.3) is 5.56 Å². The third-order valence-electron chi connectivity index (χ3n) is 3.16. The molecule has 1 heterocycles. The minimum atomic E-state index is -0.116. The Labute approximate surface area is 118 Å². The highest BCUT2D eigenvalue weighted by Gasteiger charge is 2.12. The normalized spacial score (nSPS) is 13.4. The first-order chi connectivity index (χ1) is 8.74. The molecule has 5 heteroatoms. The van der Waals surface area contributed by atoms with Crippen LogP contribution in [0.2, 0.25) is 0 Å². The van der Waals surface area contributed by atoms with Gasteiger partial charge in [-0.05, 0) is 65.1 Å². The summed E-state index contributed by atoms with van der Waals surface area (Å²) < 4.78 is 0.579. The lowest BCUT2D eigenvalue weighted by Crippen LogP contribution is -2.12. The van der Waals surface area contributed by atoms with E-state index in [-0.39, 0.29) is 5.56 Å². The molecule has 18 heavy (non-hydrogen) atoms. The summed E-state index contributed by atoms with van der Waals surface area (Å²) in [5.41, 5.74) is 3.72. The molecule has 1 aliphatic rings. The predicted octanol–water partition coefficient (Wildman–Crippen LogP) is 2.61. The molecule has 3 rings (SSSR count). The molecular weight excluding hydrogens is 341 g/mol. The average molecular weight is 353 g/mol. The van der Waals surface area contributed by atoms with E-state index >= 15 is 0 Å². The van der Waals surface area contributed by atoms with E-state index in [9.17, 15) is 4.79 Å². The zero-order valence-corrected chi connectivity index (χ0v) is 11.8. The van der Waals surface area contributed by atoms with E-state index in [1.165, 1.54) is 30.3 Å². The van der Waals surface area contributed by atoms with Crippen LogP contribution in [-0.4, -0.2) is 9.97 Å². The van der Waals surface area contributed by atoms with Crippen LogP contribution in [0.25, 0.3) is 0 Å². The van der Waals surface area contributed by atoms with Gasteiger partial charge in [-0.3, -0.25) is 4.79 Å². The molecule has 2 aromatic rings. The zero-order valence-electron chi connectivity index (χ0n) is 9.66. The highest BCUT2D eigenvalue weighted by Crippen LogP contribution is 2.26. The summed E-state index contributed by atoms with van der Waals surface area (Å²) in [5, 5.41) is 3.20. The lowest BCUT2D eigenvalue weighted by atomic mass is 10.1. The van der Waals surface area contributed by atoms with Crippen molar-refractivity contribution in [2.75, 3.05) is 5.32 Å². The zero-order chi connectivity index (χ0) is 12.5. The molecule has 0 spiro atoms. The number of nitrogens with zero attached hydrogens (tertiary/aromatic N) is 1. The van der Waals surface area contributed by atoms with Crippen LogP contribution in [0, 0.1) is 3.57 Å². The van der Waals surface area contributed by atoms with Crippen molar-refractivity contribution in [1.29, 1.82) is 0 Å². The van der Waals surface area contributed by atoms with Crippen molar-refractivity contribution >= 4 is 34.1 Å². The number of hydrogen-bond donors (Lipinski definition) is 2. The van der Waals surface area contributed by atoms with Crippen LogP contribution in [0.15, 0.2) is 29.3 Å². The van der Waals surface area contributed by atoms with E-state index in [4.69, 9.17) is 0 Å². The number of aromatic nitrogens is 2. The van der Waals surface area contributed by atoms with Crippen molar-refractivity contribution in [2.45, 2.75) is 19.3 Å². The molecule has 1 aliphatic carbocycles. The van der Waals surface area contributed by atoms with E-state index in [2.05, 4.69) is 27.4 Å². The van der Waals surface area contributed by atoms with Crippen molar-refractivity contribution < 1.29 is 0 Å². The summed E-state index contributed by atoms with van der Waals surface area (Å²) in [4.78, 5) is 18.2. The Hall–Kier alpha value is -1.37. The quantitative estimate of drug-likeness (QED) is 0.816. The minimum Gasteiger partial charge on any atom is -0.339 e. The standard InChI is InChI=1S/C13H12IN3O/c14-11-12(15-7-16-13(11)18)17-10-5-4-8-2-1-3-9(8)6-10/h4-7H,1-3H2,(H2,15,16,17,18). The second-order valence-electron chi connectivity index (χ2n) is 4.36. The van der Waals surface area contributed by atoms with Crippen molar-refractivity contribution in [3.05, 3.63) is 49.6 Å². The molecule has 1 aromatic heterocycles. The molecule has 4 nitrogen and oxygen atoms in total. The smallest absolute Gasteiger partial charge is 0.266 e. The number of benzene rings is 1. The van der Waals surface area contributed by atoms with Crippen LogP contribution >= 0.6 is 22.6 Å². The Bertz CT molecular complexity index is 651. The van der Waals surface area contributed by atoms with Gasteiger partial charge in [0.1, 0.15) is 3.57 Å². The number of nitrogens with one attached hydrogen (secondary N) is 2.